The first-order valence-corrected chi connectivity index (χ1v) is 1.62. The first-order chi connectivity index (χ1) is 2.77. The molecule has 0 aromatic heterocycles. The van der Waals surface area contributed by atoms with Crippen molar-refractivity contribution in [2.75, 3.05) is 0 Å². The maximum Gasteiger partial charge on any atom is 0.103 e. The molecule has 0 fully saturated rings. The standard InChI is InChI=1S/C4H5O2.W/c1-4(6)2-3-5;/h2H2,1H3;/q-1;. The summed E-state index contributed by atoms with van der Waals surface area (Å²) in [6.07, 6.45) is 1.40. The Morgan fingerprint density at radius 2 is 2.14 bits per heavy atom. The molecule has 0 rings (SSSR count). The zero-order valence-electron chi connectivity index (χ0n) is 3.93. The van der Waals surface area contributed by atoms with E-state index in [1.54, 1.807) is 0 Å². The van der Waals surface area contributed by atoms with E-state index in [-0.39, 0.29) is 33.3 Å². The van der Waals surface area contributed by atoms with E-state index < -0.39 is 0 Å². The molecule has 0 unspecified atom stereocenters. The summed E-state index contributed by atoms with van der Waals surface area (Å²) in [5, 5.41) is 0. The smallest absolute Gasteiger partial charge is 0.103 e. The minimum absolute atomic E-state index is 0. The van der Waals surface area contributed by atoms with Gasteiger partial charge >= 0.3 is 0 Å². The van der Waals surface area contributed by atoms with Crippen LogP contribution in [0.1, 0.15) is 13.3 Å². The maximum atomic E-state index is 9.78. The van der Waals surface area contributed by atoms with Crippen LogP contribution in [0.3, 0.4) is 0 Å². The van der Waals surface area contributed by atoms with Gasteiger partial charge in [-0.3, -0.25) is 6.29 Å². The summed E-state index contributed by atoms with van der Waals surface area (Å²) in [6, 6.07) is 0. The van der Waals surface area contributed by atoms with E-state index in [0.717, 1.165) is 0 Å². The summed E-state index contributed by atoms with van der Waals surface area (Å²) in [5.41, 5.74) is 0. The normalized spacial score (nSPS) is 6.43. The van der Waals surface area contributed by atoms with Crippen molar-refractivity contribution >= 4 is 12.1 Å². The predicted octanol–water partition coefficient (Wildman–Crippen LogP) is 0.0727. The largest absolute Gasteiger partial charge is 0.541 e. The Hall–Kier alpha value is 0.0283. The molecule has 0 N–H and O–H groups in total. The molecule has 0 aliphatic carbocycles. The number of rotatable bonds is 2. The third-order valence-electron chi connectivity index (χ3n) is 0.321. The Balaban J connectivity index is 0. The van der Waals surface area contributed by atoms with Crippen LogP contribution in [0.5, 0.6) is 0 Å². The van der Waals surface area contributed by atoms with Gasteiger partial charge in [0, 0.05) is 21.1 Å². The summed E-state index contributed by atoms with van der Waals surface area (Å²) < 4.78 is 0. The molecule has 0 aliphatic rings. The van der Waals surface area contributed by atoms with Gasteiger partial charge in [-0.2, -0.15) is 0 Å². The van der Waals surface area contributed by atoms with E-state index in [1.165, 1.54) is 13.2 Å². The molecular formula is C4H5O2W-. The summed E-state index contributed by atoms with van der Waals surface area (Å²) in [4.78, 5) is 19.1. The van der Waals surface area contributed by atoms with Crippen molar-refractivity contribution in [3.8, 4) is 0 Å². The van der Waals surface area contributed by atoms with Gasteiger partial charge in [-0.25, -0.2) is 0 Å². The number of hydrogen-bond donors (Lipinski definition) is 0. The molecule has 0 spiro atoms. The molecule has 0 aromatic carbocycles. The second kappa shape index (κ2) is 6.03. The van der Waals surface area contributed by atoms with Crippen LogP contribution in [0, 0.1) is 0 Å². The molecule has 0 aliphatic heterocycles. The van der Waals surface area contributed by atoms with Gasteiger partial charge in [-0.15, -0.1) is 0 Å². The van der Waals surface area contributed by atoms with E-state index in [1.807, 2.05) is 0 Å². The van der Waals surface area contributed by atoms with Crippen LogP contribution in [-0.2, 0) is 30.7 Å². The first-order valence-electron chi connectivity index (χ1n) is 1.62. The molecule has 0 atom stereocenters. The molecule has 0 radical (unpaired) electrons. The van der Waals surface area contributed by atoms with Gasteiger partial charge in [0.25, 0.3) is 0 Å². The van der Waals surface area contributed by atoms with Crippen molar-refractivity contribution < 1.29 is 30.7 Å². The fourth-order valence-electron chi connectivity index (χ4n) is 0.102. The fraction of sp³-hybridized carbons (Fsp3) is 0.500. The zero-order chi connectivity index (χ0) is 4.99. The molecule has 0 bridgehead atoms. The van der Waals surface area contributed by atoms with Crippen molar-refractivity contribution in [2.24, 2.45) is 0 Å². The van der Waals surface area contributed by atoms with E-state index in [0.29, 0.717) is 0 Å². The Labute approximate surface area is 56.5 Å². The zero-order valence-corrected chi connectivity index (χ0v) is 6.87. The Bertz CT molecular complexity index is 70.1. The van der Waals surface area contributed by atoms with Gasteiger partial charge < -0.3 is 9.59 Å². The van der Waals surface area contributed by atoms with Crippen molar-refractivity contribution in [1.29, 1.82) is 0 Å². The topological polar surface area (TPSA) is 34.1 Å². The number of carbonyl (C=O) groups excluding carboxylic acids is 2. The molecule has 0 aromatic rings. The molecule has 0 amide bonds. The average molecular weight is 269 g/mol. The number of hydrogen-bond acceptors (Lipinski definition) is 2. The predicted molar refractivity (Wildman–Crippen MR) is 21.0 cm³/mol. The monoisotopic (exact) mass is 269 g/mol. The van der Waals surface area contributed by atoms with Crippen molar-refractivity contribution in [2.45, 2.75) is 13.3 Å². The van der Waals surface area contributed by atoms with Crippen LogP contribution in [0.15, 0.2) is 0 Å². The molecular weight excluding hydrogens is 264 g/mol. The van der Waals surface area contributed by atoms with E-state index in [4.69, 9.17) is 0 Å². The number of carbonyl (C=O) groups is 1. The van der Waals surface area contributed by atoms with Gasteiger partial charge in [0.1, 0.15) is 5.78 Å². The Kier molecular flexibility index (Phi) is 8.70. The van der Waals surface area contributed by atoms with Crippen molar-refractivity contribution in [3.05, 3.63) is 0 Å². The molecule has 2 nitrogen and oxygen atoms in total. The van der Waals surface area contributed by atoms with Crippen LogP contribution in [-0.4, -0.2) is 12.1 Å². The quantitative estimate of drug-likeness (QED) is 0.525. The molecule has 0 saturated carbocycles. The van der Waals surface area contributed by atoms with Gasteiger partial charge in [0.05, 0.1) is 0 Å². The average Bonchev–Trinajstić information content (AvgIpc) is 1.35. The summed E-state index contributed by atoms with van der Waals surface area (Å²) in [7, 11) is 0. The number of Topliss-reactive ketones (excluding diaryl/α,β-unsaturated/α-hetero) is 1. The maximum absolute atomic E-state index is 9.78. The van der Waals surface area contributed by atoms with Gasteiger partial charge in [0.15, 0.2) is 0 Å². The molecule has 0 saturated heterocycles. The van der Waals surface area contributed by atoms with Crippen LogP contribution >= 0.6 is 0 Å². The van der Waals surface area contributed by atoms with Crippen molar-refractivity contribution in [3.63, 3.8) is 0 Å². The molecule has 3 heteroatoms. The second-order valence-corrected chi connectivity index (χ2v) is 1.02. The minimum Gasteiger partial charge on any atom is -0.541 e. The van der Waals surface area contributed by atoms with Gasteiger partial charge in [-0.05, 0) is 6.92 Å². The minimum atomic E-state index is -0.134. The second-order valence-electron chi connectivity index (χ2n) is 1.02. The van der Waals surface area contributed by atoms with Crippen LogP contribution < -0.4 is 0 Å². The Morgan fingerprint density at radius 1 is 1.71 bits per heavy atom. The Morgan fingerprint density at radius 3 is 2.14 bits per heavy atom. The molecule has 40 valence electrons. The third-order valence-corrected chi connectivity index (χ3v) is 0.321. The molecule has 7 heavy (non-hydrogen) atoms. The van der Waals surface area contributed by atoms with Crippen LogP contribution in [0.4, 0.5) is 0 Å². The summed E-state index contributed by atoms with van der Waals surface area (Å²) >= 11 is 0. The molecule has 0 heterocycles. The van der Waals surface area contributed by atoms with Crippen LogP contribution in [0.25, 0.3) is 0 Å². The van der Waals surface area contributed by atoms with Crippen LogP contribution in [0.2, 0.25) is 0 Å². The van der Waals surface area contributed by atoms with E-state index >= 15 is 0 Å². The fourth-order valence-corrected chi connectivity index (χ4v) is 0.102. The van der Waals surface area contributed by atoms with E-state index in [9.17, 15) is 9.59 Å². The van der Waals surface area contributed by atoms with Crippen molar-refractivity contribution in [1.82, 2.24) is 0 Å². The first kappa shape index (κ1) is 10.1. The number of ketones is 1. The summed E-state index contributed by atoms with van der Waals surface area (Å²) in [6.45, 7) is 1.35. The third kappa shape index (κ3) is 10.7. The van der Waals surface area contributed by atoms with Gasteiger partial charge in [0.2, 0.25) is 0 Å². The summed E-state index contributed by atoms with van der Waals surface area (Å²) in [5.74, 6) is -0.134. The van der Waals surface area contributed by atoms with Gasteiger partial charge in [-0.1, -0.05) is 6.42 Å². The van der Waals surface area contributed by atoms with E-state index in [2.05, 4.69) is 0 Å². The SMILES string of the molecule is CC(=O)C[C-]=O.[W].